The molecule has 2 spiro atoms. The van der Waals surface area contributed by atoms with Gasteiger partial charge in [0.05, 0.1) is 0 Å². The second kappa shape index (κ2) is 6.30. The number of aryl methyl sites for hydroxylation is 1. The zero-order chi connectivity index (χ0) is 20.2. The van der Waals surface area contributed by atoms with Gasteiger partial charge in [-0.25, -0.2) is 9.97 Å². The van der Waals surface area contributed by atoms with Crippen LogP contribution in [0.25, 0.3) is 0 Å². The minimum atomic E-state index is -0.597. The van der Waals surface area contributed by atoms with Crippen molar-refractivity contribution in [2.24, 2.45) is 5.41 Å². The Balaban J connectivity index is 1.54. The number of aromatic nitrogens is 3. The van der Waals surface area contributed by atoms with Crippen LogP contribution in [0.1, 0.15) is 61.5 Å². The molecular weight excluding hydrogens is 368 g/mol. The van der Waals surface area contributed by atoms with Crippen LogP contribution in [0.3, 0.4) is 0 Å². The van der Waals surface area contributed by atoms with E-state index in [9.17, 15) is 9.59 Å². The van der Waals surface area contributed by atoms with E-state index in [-0.39, 0.29) is 11.5 Å². The van der Waals surface area contributed by atoms with Crippen molar-refractivity contribution in [2.45, 2.75) is 58.0 Å². The van der Waals surface area contributed by atoms with E-state index in [1.807, 2.05) is 13.8 Å². The average Bonchev–Trinajstić information content (AvgIpc) is 3.40. The second-order valence-corrected chi connectivity index (χ2v) is 8.66. The summed E-state index contributed by atoms with van der Waals surface area (Å²) >= 11 is 0. The van der Waals surface area contributed by atoms with Gasteiger partial charge in [-0.05, 0) is 69.4 Å². The number of nitrogens with zero attached hydrogens (tertiary/aromatic N) is 3. The van der Waals surface area contributed by atoms with E-state index in [1.165, 1.54) is 19.2 Å². The highest BCUT2D eigenvalue weighted by atomic mass is 16.2. The summed E-state index contributed by atoms with van der Waals surface area (Å²) in [4.78, 5) is 34.6. The molecule has 5 rings (SSSR count). The number of nitrogens with one attached hydrogen (secondary N) is 3. The van der Waals surface area contributed by atoms with E-state index < -0.39 is 5.66 Å². The smallest absolute Gasteiger partial charge is 0.276 e. The van der Waals surface area contributed by atoms with Gasteiger partial charge >= 0.3 is 0 Å². The van der Waals surface area contributed by atoms with Crippen LogP contribution in [-0.2, 0) is 5.66 Å². The highest BCUT2D eigenvalue weighted by Gasteiger charge is 2.53. The van der Waals surface area contributed by atoms with E-state index in [4.69, 9.17) is 0 Å². The van der Waals surface area contributed by atoms with Gasteiger partial charge in [0.2, 0.25) is 0 Å². The zero-order valence-corrected chi connectivity index (χ0v) is 16.8. The topological polar surface area (TPSA) is 101 Å². The predicted molar refractivity (Wildman–Crippen MR) is 110 cm³/mol. The number of rotatable bonds is 4. The van der Waals surface area contributed by atoms with Gasteiger partial charge in [-0.2, -0.15) is 0 Å². The fourth-order valence-corrected chi connectivity index (χ4v) is 4.91. The molecule has 0 atom stereocenters. The van der Waals surface area contributed by atoms with Gasteiger partial charge in [0.25, 0.3) is 11.5 Å². The number of anilines is 3. The van der Waals surface area contributed by atoms with Crippen LogP contribution in [0.5, 0.6) is 0 Å². The molecule has 29 heavy (non-hydrogen) atoms. The summed E-state index contributed by atoms with van der Waals surface area (Å²) in [5.74, 6) is 1.09. The summed E-state index contributed by atoms with van der Waals surface area (Å²) in [5, 5.41) is 9.44. The molecule has 0 saturated heterocycles. The molecular formula is C21H26N6O2. The SMILES string of the molecule is CCNc1cc(Nc2cc(C)c3n(c2=O)C2(CCC4(CC4)CC2)NC3=O)ncn1. The van der Waals surface area contributed by atoms with Gasteiger partial charge in [0.1, 0.15) is 35.0 Å². The minimum absolute atomic E-state index is 0.144. The third kappa shape index (κ3) is 2.89. The molecule has 2 aromatic heterocycles. The first-order chi connectivity index (χ1) is 14.0. The van der Waals surface area contributed by atoms with Crippen LogP contribution < -0.4 is 21.5 Å². The van der Waals surface area contributed by atoms with Gasteiger partial charge in [-0.1, -0.05) is 0 Å². The number of carbonyl (C=O) groups is 1. The van der Waals surface area contributed by atoms with Crippen LogP contribution in [-0.4, -0.2) is 27.0 Å². The molecule has 0 radical (unpaired) electrons. The lowest BCUT2D eigenvalue weighted by Crippen LogP contribution is -2.50. The van der Waals surface area contributed by atoms with Crippen molar-refractivity contribution in [1.82, 2.24) is 19.9 Å². The second-order valence-electron chi connectivity index (χ2n) is 8.66. The van der Waals surface area contributed by atoms with Crippen molar-refractivity contribution < 1.29 is 4.79 Å². The van der Waals surface area contributed by atoms with Gasteiger partial charge in [0, 0.05) is 12.6 Å². The van der Waals surface area contributed by atoms with Crippen molar-refractivity contribution in [3.8, 4) is 0 Å². The van der Waals surface area contributed by atoms with Crippen LogP contribution in [0, 0.1) is 12.3 Å². The number of carbonyl (C=O) groups excluding carboxylic acids is 1. The van der Waals surface area contributed by atoms with Crippen LogP contribution in [0.4, 0.5) is 17.3 Å². The maximum absolute atomic E-state index is 13.5. The maximum atomic E-state index is 13.5. The molecule has 2 aromatic rings. The Morgan fingerprint density at radius 1 is 1.07 bits per heavy atom. The third-order valence-corrected chi connectivity index (χ3v) is 6.76. The van der Waals surface area contributed by atoms with Crippen LogP contribution >= 0.6 is 0 Å². The Bertz CT molecular complexity index is 1050. The lowest BCUT2D eigenvalue weighted by atomic mass is 9.79. The van der Waals surface area contributed by atoms with Crippen molar-refractivity contribution in [2.75, 3.05) is 17.2 Å². The Hall–Kier alpha value is -2.90. The Kier molecular flexibility index (Phi) is 3.94. The molecule has 8 heteroatoms. The predicted octanol–water partition coefficient (Wildman–Crippen LogP) is 2.87. The summed E-state index contributed by atoms with van der Waals surface area (Å²) in [6, 6.07) is 3.51. The summed E-state index contributed by atoms with van der Waals surface area (Å²) in [5.41, 5.74) is 1.39. The Morgan fingerprint density at radius 2 is 1.76 bits per heavy atom. The van der Waals surface area contributed by atoms with E-state index >= 15 is 0 Å². The lowest BCUT2D eigenvalue weighted by molar-refractivity contribution is 0.0822. The molecule has 2 fully saturated rings. The van der Waals surface area contributed by atoms with E-state index in [0.29, 0.717) is 28.4 Å². The third-order valence-electron chi connectivity index (χ3n) is 6.76. The molecule has 0 bridgehead atoms. The van der Waals surface area contributed by atoms with E-state index in [1.54, 1.807) is 16.7 Å². The minimum Gasteiger partial charge on any atom is -0.370 e. The lowest BCUT2D eigenvalue weighted by Gasteiger charge is -2.39. The number of hydrogen-bond donors (Lipinski definition) is 3. The number of fused-ring (bicyclic) bond motifs is 2. The quantitative estimate of drug-likeness (QED) is 0.737. The number of pyridine rings is 1. The van der Waals surface area contributed by atoms with Gasteiger partial charge in [-0.3, -0.25) is 14.2 Å². The van der Waals surface area contributed by atoms with E-state index in [2.05, 4.69) is 25.9 Å². The molecule has 0 aromatic carbocycles. The average molecular weight is 394 g/mol. The zero-order valence-electron chi connectivity index (χ0n) is 16.8. The monoisotopic (exact) mass is 394 g/mol. The molecule has 3 N–H and O–H groups in total. The molecule has 0 unspecified atom stereocenters. The summed E-state index contributed by atoms with van der Waals surface area (Å²) in [6.07, 6.45) is 7.77. The van der Waals surface area contributed by atoms with Crippen LogP contribution in [0.15, 0.2) is 23.3 Å². The van der Waals surface area contributed by atoms with E-state index in [0.717, 1.165) is 37.8 Å². The Morgan fingerprint density at radius 3 is 2.45 bits per heavy atom. The standard InChI is InChI=1S/C21H26N6O2/c1-3-22-15-11-16(24-12-23-15)25-14-10-13(2)17-18(28)26-21(27(17)19(14)29)8-6-20(4-5-20)7-9-21/h10-12H,3-9H2,1-2H3,(H,26,28)(H2,22,23,24,25). The Labute approximate surface area is 169 Å². The number of hydrogen-bond acceptors (Lipinski definition) is 6. The van der Waals surface area contributed by atoms with Crippen molar-refractivity contribution >= 4 is 23.2 Å². The maximum Gasteiger partial charge on any atom is 0.276 e. The first-order valence-corrected chi connectivity index (χ1v) is 10.4. The molecule has 2 saturated carbocycles. The molecule has 8 nitrogen and oxygen atoms in total. The van der Waals surface area contributed by atoms with Crippen LogP contribution in [0.2, 0.25) is 0 Å². The van der Waals surface area contributed by atoms with Crippen molar-refractivity contribution in [3.63, 3.8) is 0 Å². The first-order valence-electron chi connectivity index (χ1n) is 10.4. The summed E-state index contributed by atoms with van der Waals surface area (Å²) in [7, 11) is 0. The van der Waals surface area contributed by atoms with Gasteiger partial charge in [0.15, 0.2) is 0 Å². The normalized spacial score (nSPS) is 20.4. The molecule has 152 valence electrons. The highest BCUT2D eigenvalue weighted by molar-refractivity contribution is 5.97. The molecule has 3 aliphatic rings. The molecule has 1 aliphatic heterocycles. The fourth-order valence-electron chi connectivity index (χ4n) is 4.91. The summed E-state index contributed by atoms with van der Waals surface area (Å²) in [6.45, 7) is 4.62. The molecule has 2 aliphatic carbocycles. The summed E-state index contributed by atoms with van der Waals surface area (Å²) < 4.78 is 1.72. The first kappa shape index (κ1) is 18.1. The van der Waals surface area contributed by atoms with Gasteiger partial charge in [-0.15, -0.1) is 0 Å². The molecule has 3 heterocycles. The highest BCUT2D eigenvalue weighted by Crippen LogP contribution is 2.59. The van der Waals surface area contributed by atoms with Crippen molar-refractivity contribution in [1.29, 1.82) is 0 Å². The molecule has 1 amide bonds. The fraction of sp³-hybridized carbons (Fsp3) is 0.524. The van der Waals surface area contributed by atoms with Gasteiger partial charge < -0.3 is 16.0 Å². The van der Waals surface area contributed by atoms with Crippen molar-refractivity contribution in [3.05, 3.63) is 40.1 Å². The number of amides is 1. The largest absolute Gasteiger partial charge is 0.370 e.